The SMILES string of the molecule is CCC(C)(CC)C(CC)(CC)S(=O)(=O)NCCc1ccc(S(=O)(=O)NC(C)(C)CC(C)(C)C)cc1. The number of nitrogens with one attached hydrogen (secondary N) is 2. The minimum absolute atomic E-state index is 0.0119. The normalized spacial score (nSPS) is 14.3. The van der Waals surface area contributed by atoms with Crippen LogP contribution in [0, 0.1) is 10.8 Å². The number of rotatable bonds is 14. The van der Waals surface area contributed by atoms with Gasteiger partial charge in [-0.2, -0.15) is 0 Å². The molecule has 1 aromatic rings. The molecule has 0 amide bonds. The minimum Gasteiger partial charge on any atom is -0.214 e. The molecular formula is C27H50N2O4S2. The van der Waals surface area contributed by atoms with E-state index in [-0.39, 0.29) is 22.3 Å². The van der Waals surface area contributed by atoms with Crippen molar-refractivity contribution in [2.45, 2.75) is 123 Å². The van der Waals surface area contributed by atoms with Gasteiger partial charge in [0.1, 0.15) is 0 Å². The molecule has 0 spiro atoms. The van der Waals surface area contributed by atoms with Crippen LogP contribution in [0.3, 0.4) is 0 Å². The molecule has 0 fully saturated rings. The molecule has 35 heavy (non-hydrogen) atoms. The van der Waals surface area contributed by atoms with Crippen LogP contribution in [0.25, 0.3) is 0 Å². The van der Waals surface area contributed by atoms with Crippen molar-refractivity contribution in [2.75, 3.05) is 6.54 Å². The van der Waals surface area contributed by atoms with E-state index in [0.29, 0.717) is 25.7 Å². The molecule has 0 saturated heterocycles. The fourth-order valence-electron chi connectivity index (χ4n) is 5.79. The zero-order valence-corrected chi connectivity index (χ0v) is 25.3. The van der Waals surface area contributed by atoms with Gasteiger partial charge in [-0.05, 0) is 80.9 Å². The van der Waals surface area contributed by atoms with E-state index < -0.39 is 30.3 Å². The summed E-state index contributed by atoms with van der Waals surface area (Å²) in [5.74, 6) is 0. The second-order valence-corrected chi connectivity index (χ2v) is 15.7. The molecule has 0 aliphatic carbocycles. The van der Waals surface area contributed by atoms with Crippen molar-refractivity contribution in [3.63, 3.8) is 0 Å². The highest BCUT2D eigenvalue weighted by Crippen LogP contribution is 2.47. The first-order valence-corrected chi connectivity index (χ1v) is 15.9. The number of hydrogen-bond acceptors (Lipinski definition) is 4. The van der Waals surface area contributed by atoms with Crippen LogP contribution >= 0.6 is 0 Å². The number of hydrogen-bond donors (Lipinski definition) is 2. The lowest BCUT2D eigenvalue weighted by molar-refractivity contribution is 0.178. The summed E-state index contributed by atoms with van der Waals surface area (Å²) in [4.78, 5) is 0.210. The van der Waals surface area contributed by atoms with Gasteiger partial charge in [0.15, 0.2) is 0 Å². The van der Waals surface area contributed by atoms with Gasteiger partial charge < -0.3 is 0 Å². The van der Waals surface area contributed by atoms with Gasteiger partial charge in [-0.25, -0.2) is 26.3 Å². The highest BCUT2D eigenvalue weighted by Gasteiger charge is 2.52. The molecule has 0 aromatic heterocycles. The van der Waals surface area contributed by atoms with Crippen LogP contribution in [-0.2, 0) is 26.5 Å². The lowest BCUT2D eigenvalue weighted by Crippen LogP contribution is -2.56. The Labute approximate surface area is 216 Å². The third kappa shape index (κ3) is 7.76. The van der Waals surface area contributed by atoms with Crippen LogP contribution in [0.15, 0.2) is 29.2 Å². The molecule has 0 atom stereocenters. The topological polar surface area (TPSA) is 92.3 Å². The average Bonchev–Trinajstić information content (AvgIpc) is 2.72. The largest absolute Gasteiger partial charge is 0.241 e. The Morgan fingerprint density at radius 1 is 0.743 bits per heavy atom. The third-order valence-electron chi connectivity index (χ3n) is 7.64. The van der Waals surface area contributed by atoms with Crippen molar-refractivity contribution in [1.82, 2.24) is 9.44 Å². The summed E-state index contributed by atoms with van der Waals surface area (Å²) in [6.07, 6.45) is 3.89. The predicted octanol–water partition coefficient (Wildman–Crippen LogP) is 6.03. The molecule has 0 saturated carbocycles. The molecule has 6 nitrogen and oxygen atoms in total. The molecule has 0 radical (unpaired) electrons. The van der Waals surface area contributed by atoms with E-state index in [4.69, 9.17) is 0 Å². The van der Waals surface area contributed by atoms with E-state index in [2.05, 4.69) is 51.0 Å². The zero-order chi connectivity index (χ0) is 27.3. The fraction of sp³-hybridized carbons (Fsp3) is 0.778. The second-order valence-electron chi connectivity index (χ2n) is 12.0. The van der Waals surface area contributed by atoms with Gasteiger partial charge in [0, 0.05) is 12.1 Å². The van der Waals surface area contributed by atoms with Gasteiger partial charge in [0.2, 0.25) is 20.0 Å². The molecule has 8 heteroatoms. The lowest BCUT2D eigenvalue weighted by Gasteiger charge is -2.46. The summed E-state index contributed by atoms with van der Waals surface area (Å²) in [6.45, 7) is 20.4. The summed E-state index contributed by atoms with van der Waals surface area (Å²) in [5, 5.41) is 0. The standard InChI is InChI=1S/C27H50N2O4S2/c1-11-26(10,12-2)27(13-3,14-4)35(32,33)28-20-19-22-15-17-23(18-16-22)34(30,31)29-25(8,9)21-24(5,6)7/h15-18,28-29H,11-14,19-21H2,1-10H3. The monoisotopic (exact) mass is 530 g/mol. The highest BCUT2D eigenvalue weighted by molar-refractivity contribution is 7.91. The highest BCUT2D eigenvalue weighted by atomic mass is 32.2. The molecular weight excluding hydrogens is 480 g/mol. The zero-order valence-electron chi connectivity index (χ0n) is 23.7. The van der Waals surface area contributed by atoms with Crippen molar-refractivity contribution in [3.05, 3.63) is 29.8 Å². The van der Waals surface area contributed by atoms with E-state index in [1.165, 1.54) is 0 Å². The van der Waals surface area contributed by atoms with Crippen molar-refractivity contribution in [2.24, 2.45) is 10.8 Å². The van der Waals surface area contributed by atoms with E-state index in [1.54, 1.807) is 24.3 Å². The van der Waals surface area contributed by atoms with Crippen LogP contribution in [0.5, 0.6) is 0 Å². The number of benzene rings is 1. The molecule has 0 bridgehead atoms. The molecule has 204 valence electrons. The van der Waals surface area contributed by atoms with E-state index in [9.17, 15) is 16.8 Å². The molecule has 0 aliphatic heterocycles. The quantitative estimate of drug-likeness (QED) is 0.307. The maximum Gasteiger partial charge on any atom is 0.241 e. The predicted molar refractivity (Wildman–Crippen MR) is 148 cm³/mol. The first kappa shape index (κ1) is 32.1. The van der Waals surface area contributed by atoms with Gasteiger partial charge >= 0.3 is 0 Å². The Kier molecular flexibility index (Phi) is 10.6. The molecule has 0 unspecified atom stereocenters. The first-order chi connectivity index (χ1) is 15.8. The fourth-order valence-corrected chi connectivity index (χ4v) is 9.55. The summed E-state index contributed by atoms with van der Waals surface area (Å²) in [7, 11) is -7.22. The molecule has 0 heterocycles. The minimum atomic E-state index is -3.66. The van der Waals surface area contributed by atoms with Gasteiger partial charge in [0.05, 0.1) is 9.64 Å². The van der Waals surface area contributed by atoms with Crippen molar-refractivity contribution >= 4 is 20.0 Å². The Bertz CT molecular complexity index is 1010. The van der Waals surface area contributed by atoms with Gasteiger partial charge in [0.25, 0.3) is 0 Å². The Morgan fingerprint density at radius 2 is 1.23 bits per heavy atom. The van der Waals surface area contributed by atoms with Crippen LogP contribution < -0.4 is 9.44 Å². The third-order valence-corrected chi connectivity index (χ3v) is 12.0. The maximum atomic E-state index is 13.5. The number of sulfonamides is 2. The summed E-state index contributed by atoms with van der Waals surface area (Å²) in [6, 6.07) is 6.70. The molecule has 1 rings (SSSR count). The van der Waals surface area contributed by atoms with Gasteiger partial charge in [-0.1, -0.05) is 67.5 Å². The summed E-state index contributed by atoms with van der Waals surface area (Å²) >= 11 is 0. The van der Waals surface area contributed by atoms with Crippen LogP contribution in [0.1, 0.15) is 107 Å². The van der Waals surface area contributed by atoms with Gasteiger partial charge in [-0.15, -0.1) is 0 Å². The van der Waals surface area contributed by atoms with Crippen LogP contribution in [0.2, 0.25) is 0 Å². The Morgan fingerprint density at radius 3 is 1.63 bits per heavy atom. The smallest absolute Gasteiger partial charge is 0.214 e. The Balaban J connectivity index is 2.95. The van der Waals surface area contributed by atoms with E-state index in [0.717, 1.165) is 18.4 Å². The summed E-state index contributed by atoms with van der Waals surface area (Å²) in [5.41, 5.74) is -0.0217. The summed E-state index contributed by atoms with van der Waals surface area (Å²) < 4.78 is 57.7. The van der Waals surface area contributed by atoms with E-state index >= 15 is 0 Å². The van der Waals surface area contributed by atoms with Crippen LogP contribution in [-0.4, -0.2) is 33.7 Å². The van der Waals surface area contributed by atoms with Gasteiger partial charge in [-0.3, -0.25) is 0 Å². The molecule has 1 aromatic carbocycles. The molecule has 0 aliphatic rings. The first-order valence-electron chi connectivity index (χ1n) is 13.0. The lowest BCUT2D eigenvalue weighted by atomic mass is 9.69. The van der Waals surface area contributed by atoms with E-state index in [1.807, 2.05) is 27.7 Å². The van der Waals surface area contributed by atoms with Crippen molar-refractivity contribution < 1.29 is 16.8 Å². The van der Waals surface area contributed by atoms with Crippen molar-refractivity contribution in [1.29, 1.82) is 0 Å². The van der Waals surface area contributed by atoms with Crippen LogP contribution in [0.4, 0.5) is 0 Å². The van der Waals surface area contributed by atoms with Crippen molar-refractivity contribution in [3.8, 4) is 0 Å². The Hall–Kier alpha value is -0.960. The second kappa shape index (κ2) is 11.6. The average molecular weight is 531 g/mol. The maximum absolute atomic E-state index is 13.5. The molecule has 2 N–H and O–H groups in total.